The first-order chi connectivity index (χ1) is 13.3. The summed E-state index contributed by atoms with van der Waals surface area (Å²) in [5.41, 5.74) is 1.12. The average Bonchev–Trinajstić information content (AvgIpc) is 3.20. The molecule has 1 fully saturated rings. The van der Waals surface area contributed by atoms with Crippen molar-refractivity contribution in [3.05, 3.63) is 48.2 Å². The Balaban J connectivity index is 1.17. The number of pyridine rings is 1. The minimum Gasteiger partial charge on any atom is -0.454 e. The largest absolute Gasteiger partial charge is 0.454 e. The van der Waals surface area contributed by atoms with Gasteiger partial charge >= 0.3 is 0 Å². The fraction of sp³-hybridized carbons (Fsp3) is 0.400. The standard InChI is InChI=1S/C20H24N4O3/c25-20(24-11-9-23(10-12-24)19-3-1-2-7-22-19)6-8-21-14-16-4-5-17-18(13-16)27-15-26-17/h1-5,7,13,21H,6,8-12,14-15H2. The molecule has 1 amide bonds. The van der Waals surface area contributed by atoms with E-state index in [0.29, 0.717) is 19.5 Å². The van der Waals surface area contributed by atoms with E-state index in [2.05, 4.69) is 15.2 Å². The first-order valence-corrected chi connectivity index (χ1v) is 9.32. The maximum absolute atomic E-state index is 12.4. The van der Waals surface area contributed by atoms with Crippen molar-refractivity contribution >= 4 is 11.7 Å². The molecule has 2 aliphatic rings. The highest BCUT2D eigenvalue weighted by Gasteiger charge is 2.21. The Hall–Kier alpha value is -2.80. The Morgan fingerprint density at radius 2 is 1.93 bits per heavy atom. The molecule has 0 spiro atoms. The molecule has 7 nitrogen and oxygen atoms in total. The van der Waals surface area contributed by atoms with Gasteiger partial charge in [0.2, 0.25) is 12.7 Å². The zero-order valence-electron chi connectivity index (χ0n) is 15.3. The number of aromatic nitrogens is 1. The normalized spacial score (nSPS) is 15.9. The summed E-state index contributed by atoms with van der Waals surface area (Å²) in [6, 6.07) is 11.8. The van der Waals surface area contributed by atoms with Gasteiger partial charge in [-0.25, -0.2) is 4.98 Å². The van der Waals surface area contributed by atoms with E-state index in [-0.39, 0.29) is 12.7 Å². The van der Waals surface area contributed by atoms with Gasteiger partial charge in [-0.05, 0) is 29.8 Å². The van der Waals surface area contributed by atoms with Crippen molar-refractivity contribution in [2.45, 2.75) is 13.0 Å². The van der Waals surface area contributed by atoms with Crippen LogP contribution in [-0.4, -0.2) is 55.3 Å². The number of carbonyl (C=O) groups is 1. The van der Waals surface area contributed by atoms with Crippen LogP contribution in [0.4, 0.5) is 5.82 Å². The van der Waals surface area contributed by atoms with E-state index >= 15 is 0 Å². The van der Waals surface area contributed by atoms with Crippen LogP contribution in [0.25, 0.3) is 0 Å². The third-order valence-corrected chi connectivity index (χ3v) is 4.89. The van der Waals surface area contributed by atoms with Crippen molar-refractivity contribution in [1.29, 1.82) is 0 Å². The van der Waals surface area contributed by atoms with E-state index in [4.69, 9.17) is 9.47 Å². The summed E-state index contributed by atoms with van der Waals surface area (Å²) >= 11 is 0. The predicted octanol–water partition coefficient (Wildman–Crippen LogP) is 1.64. The molecule has 4 rings (SSSR count). The number of amides is 1. The van der Waals surface area contributed by atoms with Gasteiger partial charge in [0.1, 0.15) is 5.82 Å². The Kier molecular flexibility index (Phi) is 5.39. The average molecular weight is 368 g/mol. The van der Waals surface area contributed by atoms with E-state index in [1.165, 1.54) is 0 Å². The van der Waals surface area contributed by atoms with E-state index in [0.717, 1.165) is 49.1 Å². The molecule has 27 heavy (non-hydrogen) atoms. The minimum absolute atomic E-state index is 0.203. The number of hydrogen-bond donors (Lipinski definition) is 1. The second-order valence-corrected chi connectivity index (χ2v) is 6.67. The first-order valence-electron chi connectivity index (χ1n) is 9.32. The number of nitrogens with one attached hydrogen (secondary N) is 1. The molecule has 3 heterocycles. The van der Waals surface area contributed by atoms with Gasteiger partial charge in [0, 0.05) is 51.9 Å². The summed E-state index contributed by atoms with van der Waals surface area (Å²) in [6.07, 6.45) is 2.31. The van der Waals surface area contributed by atoms with Crippen molar-refractivity contribution in [3.63, 3.8) is 0 Å². The maximum atomic E-state index is 12.4. The van der Waals surface area contributed by atoms with Crippen molar-refractivity contribution < 1.29 is 14.3 Å². The summed E-state index contributed by atoms with van der Waals surface area (Å²) < 4.78 is 10.7. The Morgan fingerprint density at radius 1 is 1.07 bits per heavy atom. The lowest BCUT2D eigenvalue weighted by molar-refractivity contribution is -0.131. The van der Waals surface area contributed by atoms with Crippen LogP contribution >= 0.6 is 0 Å². The molecule has 1 saturated heterocycles. The first kappa shape index (κ1) is 17.6. The van der Waals surface area contributed by atoms with Crippen LogP contribution in [0.2, 0.25) is 0 Å². The van der Waals surface area contributed by atoms with Crippen molar-refractivity contribution in [3.8, 4) is 11.5 Å². The monoisotopic (exact) mass is 368 g/mol. The lowest BCUT2D eigenvalue weighted by atomic mass is 10.2. The number of fused-ring (bicyclic) bond motifs is 1. The third kappa shape index (κ3) is 4.31. The Morgan fingerprint density at radius 3 is 2.74 bits per heavy atom. The number of piperazine rings is 1. The number of benzene rings is 1. The van der Waals surface area contributed by atoms with E-state index in [9.17, 15) is 4.79 Å². The molecule has 1 N–H and O–H groups in total. The predicted molar refractivity (Wildman–Crippen MR) is 102 cm³/mol. The number of ether oxygens (including phenoxy) is 2. The fourth-order valence-corrected chi connectivity index (χ4v) is 3.36. The molecule has 0 aliphatic carbocycles. The third-order valence-electron chi connectivity index (χ3n) is 4.89. The quantitative estimate of drug-likeness (QED) is 0.782. The number of hydrogen-bond acceptors (Lipinski definition) is 6. The minimum atomic E-state index is 0.203. The molecule has 1 aromatic carbocycles. The second kappa shape index (κ2) is 8.26. The van der Waals surface area contributed by atoms with Gasteiger partial charge in [-0.1, -0.05) is 12.1 Å². The maximum Gasteiger partial charge on any atom is 0.231 e. The molecule has 0 radical (unpaired) electrons. The van der Waals surface area contributed by atoms with Gasteiger partial charge in [-0.3, -0.25) is 4.79 Å². The highest BCUT2D eigenvalue weighted by Crippen LogP contribution is 2.32. The molecule has 0 saturated carbocycles. The van der Waals surface area contributed by atoms with Crippen LogP contribution in [0.15, 0.2) is 42.6 Å². The van der Waals surface area contributed by atoms with E-state index in [1.807, 2.05) is 41.3 Å². The molecule has 2 aliphatic heterocycles. The summed E-state index contributed by atoms with van der Waals surface area (Å²) in [6.45, 7) is 4.80. The van der Waals surface area contributed by atoms with Gasteiger partial charge in [0.15, 0.2) is 11.5 Å². The topological polar surface area (TPSA) is 66.9 Å². The Bertz CT molecular complexity index is 776. The molecule has 142 valence electrons. The molecular weight excluding hydrogens is 344 g/mol. The van der Waals surface area contributed by atoms with Gasteiger partial charge in [0.25, 0.3) is 0 Å². The fourth-order valence-electron chi connectivity index (χ4n) is 3.36. The number of nitrogens with zero attached hydrogens (tertiary/aromatic N) is 3. The van der Waals surface area contributed by atoms with Crippen molar-refractivity contribution in [2.24, 2.45) is 0 Å². The molecule has 7 heteroatoms. The lowest BCUT2D eigenvalue weighted by Crippen LogP contribution is -2.49. The number of carbonyl (C=O) groups excluding carboxylic acids is 1. The van der Waals surface area contributed by atoms with Crippen LogP contribution < -0.4 is 19.7 Å². The molecule has 0 unspecified atom stereocenters. The zero-order chi connectivity index (χ0) is 18.5. The van der Waals surface area contributed by atoms with Crippen LogP contribution in [0, 0.1) is 0 Å². The van der Waals surface area contributed by atoms with Crippen LogP contribution in [0.1, 0.15) is 12.0 Å². The number of anilines is 1. The van der Waals surface area contributed by atoms with E-state index < -0.39 is 0 Å². The molecule has 1 aromatic heterocycles. The van der Waals surface area contributed by atoms with E-state index in [1.54, 1.807) is 6.20 Å². The summed E-state index contributed by atoms with van der Waals surface area (Å²) in [5, 5.41) is 3.33. The smallest absolute Gasteiger partial charge is 0.231 e. The Labute approximate surface area is 158 Å². The van der Waals surface area contributed by atoms with Crippen molar-refractivity contribution in [2.75, 3.05) is 44.4 Å². The summed E-state index contributed by atoms with van der Waals surface area (Å²) in [5.74, 6) is 2.76. The SMILES string of the molecule is O=C(CCNCc1ccc2c(c1)OCO2)N1CCN(c2ccccn2)CC1. The summed E-state index contributed by atoms with van der Waals surface area (Å²) in [7, 11) is 0. The molecule has 0 bridgehead atoms. The lowest BCUT2D eigenvalue weighted by Gasteiger charge is -2.35. The van der Waals surface area contributed by atoms with Crippen LogP contribution in [0.3, 0.4) is 0 Å². The van der Waals surface area contributed by atoms with Gasteiger partial charge in [-0.15, -0.1) is 0 Å². The molecular formula is C20H24N4O3. The van der Waals surface area contributed by atoms with Gasteiger partial charge < -0.3 is 24.6 Å². The van der Waals surface area contributed by atoms with Crippen LogP contribution in [0.5, 0.6) is 11.5 Å². The number of rotatable bonds is 6. The zero-order valence-corrected chi connectivity index (χ0v) is 15.3. The summed E-state index contributed by atoms with van der Waals surface area (Å²) in [4.78, 5) is 21.0. The molecule has 2 aromatic rings. The highest BCUT2D eigenvalue weighted by molar-refractivity contribution is 5.76. The highest BCUT2D eigenvalue weighted by atomic mass is 16.7. The molecule has 0 atom stereocenters. The van der Waals surface area contributed by atoms with Gasteiger partial charge in [-0.2, -0.15) is 0 Å². The van der Waals surface area contributed by atoms with Crippen LogP contribution in [-0.2, 0) is 11.3 Å². The van der Waals surface area contributed by atoms with Crippen molar-refractivity contribution in [1.82, 2.24) is 15.2 Å². The second-order valence-electron chi connectivity index (χ2n) is 6.67. The van der Waals surface area contributed by atoms with Gasteiger partial charge in [0.05, 0.1) is 0 Å².